The molecule has 3 heteroatoms. The smallest absolute Gasteiger partial charge is 0.254 e. The van der Waals surface area contributed by atoms with Crippen LogP contribution in [0.4, 0.5) is 0 Å². The Labute approximate surface area is 115 Å². The van der Waals surface area contributed by atoms with Crippen LogP contribution in [0.2, 0.25) is 0 Å². The number of carbonyl (C=O) groups excluding carboxylic acids is 1. The number of amides is 1. The molecule has 1 saturated heterocycles. The van der Waals surface area contributed by atoms with Gasteiger partial charge in [-0.3, -0.25) is 4.79 Å². The molecule has 1 aliphatic carbocycles. The first kappa shape index (κ1) is 12.7. The SMILES string of the molecule is C[C@H]1CN(C(=O)c2cccc3c2CCC3)C[C@H](C)N1. The van der Waals surface area contributed by atoms with Gasteiger partial charge in [0.2, 0.25) is 0 Å². The van der Waals surface area contributed by atoms with Crippen molar-refractivity contribution in [3.63, 3.8) is 0 Å². The van der Waals surface area contributed by atoms with Gasteiger partial charge >= 0.3 is 0 Å². The second-order valence-electron chi connectivity index (χ2n) is 5.98. The molecule has 0 spiro atoms. The Balaban J connectivity index is 1.86. The Morgan fingerprint density at radius 2 is 1.95 bits per heavy atom. The summed E-state index contributed by atoms with van der Waals surface area (Å²) in [5, 5.41) is 3.47. The van der Waals surface area contributed by atoms with Gasteiger partial charge in [0.05, 0.1) is 0 Å². The first-order valence-electron chi connectivity index (χ1n) is 7.31. The van der Waals surface area contributed by atoms with Crippen molar-refractivity contribution in [3.05, 3.63) is 34.9 Å². The van der Waals surface area contributed by atoms with Gasteiger partial charge in [0, 0.05) is 30.7 Å². The van der Waals surface area contributed by atoms with Crippen molar-refractivity contribution in [1.29, 1.82) is 0 Å². The number of fused-ring (bicyclic) bond motifs is 1. The summed E-state index contributed by atoms with van der Waals surface area (Å²) in [6.07, 6.45) is 3.38. The Morgan fingerprint density at radius 3 is 2.68 bits per heavy atom. The van der Waals surface area contributed by atoms with E-state index in [0.29, 0.717) is 12.1 Å². The largest absolute Gasteiger partial charge is 0.336 e. The molecule has 0 bridgehead atoms. The third kappa shape index (κ3) is 2.39. The fraction of sp³-hybridized carbons (Fsp3) is 0.562. The monoisotopic (exact) mass is 258 g/mol. The summed E-state index contributed by atoms with van der Waals surface area (Å²) in [4.78, 5) is 14.8. The Kier molecular flexibility index (Phi) is 3.31. The number of carbonyl (C=O) groups is 1. The van der Waals surface area contributed by atoms with Crippen molar-refractivity contribution < 1.29 is 4.79 Å². The molecule has 1 fully saturated rings. The van der Waals surface area contributed by atoms with E-state index >= 15 is 0 Å². The maximum atomic E-state index is 12.7. The molecule has 19 heavy (non-hydrogen) atoms. The van der Waals surface area contributed by atoms with Gasteiger partial charge in [-0.2, -0.15) is 0 Å². The van der Waals surface area contributed by atoms with Crippen LogP contribution in [0.25, 0.3) is 0 Å². The third-order valence-corrected chi connectivity index (χ3v) is 4.22. The summed E-state index contributed by atoms with van der Waals surface area (Å²) in [5.74, 6) is 0.221. The van der Waals surface area contributed by atoms with Gasteiger partial charge in [-0.25, -0.2) is 0 Å². The number of rotatable bonds is 1. The first-order valence-corrected chi connectivity index (χ1v) is 7.31. The van der Waals surface area contributed by atoms with Gasteiger partial charge in [-0.1, -0.05) is 12.1 Å². The van der Waals surface area contributed by atoms with E-state index in [2.05, 4.69) is 25.2 Å². The fourth-order valence-corrected chi connectivity index (χ4v) is 3.48. The second-order valence-corrected chi connectivity index (χ2v) is 5.98. The van der Waals surface area contributed by atoms with Gasteiger partial charge in [-0.15, -0.1) is 0 Å². The third-order valence-electron chi connectivity index (χ3n) is 4.22. The van der Waals surface area contributed by atoms with Crippen molar-refractivity contribution in [2.75, 3.05) is 13.1 Å². The molecular formula is C16H22N2O. The summed E-state index contributed by atoms with van der Waals surface area (Å²) in [6, 6.07) is 6.97. The number of piperazine rings is 1. The average Bonchev–Trinajstić information content (AvgIpc) is 2.84. The van der Waals surface area contributed by atoms with Gasteiger partial charge in [0.1, 0.15) is 0 Å². The molecule has 3 nitrogen and oxygen atoms in total. The zero-order chi connectivity index (χ0) is 13.4. The van der Waals surface area contributed by atoms with Crippen LogP contribution in [0.15, 0.2) is 18.2 Å². The summed E-state index contributed by atoms with van der Waals surface area (Å²) in [6.45, 7) is 5.91. The molecule has 1 aliphatic heterocycles. The normalized spacial score (nSPS) is 26.3. The Hall–Kier alpha value is -1.35. The van der Waals surface area contributed by atoms with Crippen molar-refractivity contribution in [2.45, 2.75) is 45.2 Å². The summed E-state index contributed by atoms with van der Waals surface area (Å²) >= 11 is 0. The molecule has 0 unspecified atom stereocenters. The Bertz CT molecular complexity index is 488. The molecule has 0 aromatic heterocycles. The van der Waals surface area contributed by atoms with E-state index in [0.717, 1.165) is 31.5 Å². The van der Waals surface area contributed by atoms with E-state index in [9.17, 15) is 4.79 Å². The van der Waals surface area contributed by atoms with E-state index < -0.39 is 0 Å². The van der Waals surface area contributed by atoms with Gasteiger partial charge < -0.3 is 10.2 Å². The van der Waals surface area contributed by atoms with Crippen LogP contribution in [0.5, 0.6) is 0 Å². The summed E-state index contributed by atoms with van der Waals surface area (Å²) in [5.41, 5.74) is 3.62. The maximum absolute atomic E-state index is 12.7. The molecule has 2 aliphatic rings. The molecule has 0 radical (unpaired) electrons. The van der Waals surface area contributed by atoms with Crippen molar-refractivity contribution in [2.24, 2.45) is 0 Å². The van der Waals surface area contributed by atoms with Crippen LogP contribution in [0, 0.1) is 0 Å². The van der Waals surface area contributed by atoms with Gasteiger partial charge in [0.15, 0.2) is 0 Å². The van der Waals surface area contributed by atoms with Gasteiger partial charge in [0.25, 0.3) is 5.91 Å². The standard InChI is InChI=1S/C16H22N2O/c1-11-9-18(10-12(2)17-11)16(19)15-8-4-6-13-5-3-7-14(13)15/h4,6,8,11-12,17H,3,5,7,9-10H2,1-2H3/t11-,12-/m0/s1. The highest BCUT2D eigenvalue weighted by Crippen LogP contribution is 2.26. The molecule has 1 N–H and O–H groups in total. The second kappa shape index (κ2) is 4.97. The lowest BCUT2D eigenvalue weighted by molar-refractivity contribution is 0.0672. The number of nitrogens with one attached hydrogen (secondary N) is 1. The number of nitrogens with zero attached hydrogens (tertiary/aromatic N) is 1. The van der Waals surface area contributed by atoms with E-state index in [-0.39, 0.29) is 5.91 Å². The average molecular weight is 258 g/mol. The highest BCUT2D eigenvalue weighted by molar-refractivity contribution is 5.96. The quantitative estimate of drug-likeness (QED) is 0.835. The number of hydrogen-bond acceptors (Lipinski definition) is 2. The minimum Gasteiger partial charge on any atom is -0.336 e. The van der Waals surface area contributed by atoms with E-state index in [1.165, 1.54) is 17.5 Å². The van der Waals surface area contributed by atoms with Crippen LogP contribution >= 0.6 is 0 Å². The van der Waals surface area contributed by atoms with Crippen molar-refractivity contribution in [1.82, 2.24) is 10.2 Å². The lowest BCUT2D eigenvalue weighted by atomic mass is 10.0. The van der Waals surface area contributed by atoms with E-state index in [1.54, 1.807) is 0 Å². The molecule has 0 saturated carbocycles. The van der Waals surface area contributed by atoms with Crippen molar-refractivity contribution in [3.8, 4) is 0 Å². The topological polar surface area (TPSA) is 32.3 Å². The lowest BCUT2D eigenvalue weighted by Crippen LogP contribution is -2.55. The van der Waals surface area contributed by atoms with E-state index in [4.69, 9.17) is 0 Å². The molecule has 102 valence electrons. The first-order chi connectivity index (χ1) is 9.15. The molecule has 2 atom stereocenters. The minimum absolute atomic E-state index is 0.221. The minimum atomic E-state index is 0.221. The van der Waals surface area contributed by atoms with Gasteiger partial charge in [-0.05, 0) is 50.3 Å². The molecule has 1 aromatic carbocycles. The van der Waals surface area contributed by atoms with Crippen LogP contribution in [-0.2, 0) is 12.8 Å². The summed E-state index contributed by atoms with van der Waals surface area (Å²) < 4.78 is 0. The van der Waals surface area contributed by atoms with E-state index in [1.807, 2.05) is 17.0 Å². The molecule has 3 rings (SSSR count). The fourth-order valence-electron chi connectivity index (χ4n) is 3.48. The number of hydrogen-bond donors (Lipinski definition) is 1. The Morgan fingerprint density at radius 1 is 1.21 bits per heavy atom. The molecule has 1 amide bonds. The molecule has 1 heterocycles. The highest BCUT2D eigenvalue weighted by atomic mass is 16.2. The van der Waals surface area contributed by atoms with Crippen LogP contribution in [0.1, 0.15) is 41.8 Å². The number of benzene rings is 1. The zero-order valence-electron chi connectivity index (χ0n) is 11.8. The molecular weight excluding hydrogens is 236 g/mol. The predicted molar refractivity (Wildman–Crippen MR) is 76.4 cm³/mol. The van der Waals surface area contributed by atoms with Crippen LogP contribution in [-0.4, -0.2) is 36.0 Å². The van der Waals surface area contributed by atoms with Crippen molar-refractivity contribution >= 4 is 5.91 Å². The lowest BCUT2D eigenvalue weighted by Gasteiger charge is -2.36. The predicted octanol–water partition coefficient (Wildman–Crippen LogP) is 2.00. The van der Waals surface area contributed by atoms with Crippen LogP contribution in [0.3, 0.4) is 0 Å². The maximum Gasteiger partial charge on any atom is 0.254 e. The summed E-state index contributed by atoms with van der Waals surface area (Å²) in [7, 11) is 0. The molecule has 1 aromatic rings. The zero-order valence-corrected chi connectivity index (χ0v) is 11.8. The number of aryl methyl sites for hydroxylation is 1. The van der Waals surface area contributed by atoms with Crippen LogP contribution < -0.4 is 5.32 Å². The highest BCUT2D eigenvalue weighted by Gasteiger charge is 2.28.